The molecule has 2 atom stereocenters. The van der Waals surface area contributed by atoms with Crippen molar-refractivity contribution < 1.29 is 9.53 Å². The summed E-state index contributed by atoms with van der Waals surface area (Å²) in [6.45, 7) is 7.08. The van der Waals surface area contributed by atoms with Crippen LogP contribution < -0.4 is 5.69 Å². The molecule has 0 radical (unpaired) electrons. The Hall–Kier alpha value is -1.86. The lowest BCUT2D eigenvalue weighted by atomic mass is 10.0. The highest BCUT2D eigenvalue weighted by Gasteiger charge is 2.23. The van der Waals surface area contributed by atoms with Crippen molar-refractivity contribution in [1.29, 1.82) is 0 Å². The highest BCUT2D eigenvalue weighted by Crippen LogP contribution is 2.25. The van der Waals surface area contributed by atoms with E-state index in [-0.39, 0.29) is 22.8 Å². The zero-order chi connectivity index (χ0) is 18.0. The van der Waals surface area contributed by atoms with Gasteiger partial charge in [-0.1, -0.05) is 23.9 Å². The zero-order valence-electron chi connectivity index (χ0n) is 14.7. The first-order chi connectivity index (χ1) is 12.0. The van der Waals surface area contributed by atoms with E-state index in [2.05, 4.69) is 10.2 Å². The molecule has 0 amide bonds. The molecule has 0 aliphatic carbocycles. The quantitative estimate of drug-likeness (QED) is 0.632. The summed E-state index contributed by atoms with van der Waals surface area (Å²) < 4.78 is 7.18. The van der Waals surface area contributed by atoms with E-state index in [9.17, 15) is 9.59 Å². The Bertz CT molecular complexity index is 821. The molecule has 25 heavy (non-hydrogen) atoms. The third kappa shape index (κ3) is 4.04. The lowest BCUT2D eigenvalue weighted by Crippen LogP contribution is -2.25. The van der Waals surface area contributed by atoms with Crippen LogP contribution in [0.5, 0.6) is 0 Å². The number of benzene rings is 1. The summed E-state index contributed by atoms with van der Waals surface area (Å²) in [5.74, 6) is 0.0345. The summed E-state index contributed by atoms with van der Waals surface area (Å²) in [4.78, 5) is 24.7. The Morgan fingerprint density at radius 1 is 1.44 bits per heavy atom. The highest BCUT2D eigenvalue weighted by atomic mass is 32.2. The van der Waals surface area contributed by atoms with E-state index in [1.807, 2.05) is 39.0 Å². The lowest BCUT2D eigenvalue weighted by Gasteiger charge is -2.14. The Balaban J connectivity index is 1.74. The summed E-state index contributed by atoms with van der Waals surface area (Å²) in [7, 11) is 0. The molecular weight excluding hydrogens is 338 g/mol. The monoisotopic (exact) mass is 361 g/mol. The number of nitrogens with zero attached hydrogens (tertiary/aromatic N) is 2. The molecule has 0 saturated carbocycles. The van der Waals surface area contributed by atoms with Crippen LogP contribution in [0.4, 0.5) is 0 Å². The summed E-state index contributed by atoms with van der Waals surface area (Å²) >= 11 is 1.30. The number of carbonyl (C=O) groups is 1. The average molecular weight is 361 g/mol. The van der Waals surface area contributed by atoms with E-state index in [1.165, 1.54) is 11.8 Å². The number of H-pyrrole nitrogens is 1. The molecule has 1 fully saturated rings. The number of ether oxygens (including phenoxy) is 1. The number of ketones is 1. The zero-order valence-corrected chi connectivity index (χ0v) is 15.6. The van der Waals surface area contributed by atoms with Crippen molar-refractivity contribution in [2.45, 2.75) is 56.7 Å². The maximum atomic E-state index is 12.7. The molecule has 1 saturated heterocycles. The number of nitrogens with one attached hydrogen (secondary N) is 1. The largest absolute Gasteiger partial charge is 0.376 e. The van der Waals surface area contributed by atoms with Crippen LogP contribution in [0.1, 0.15) is 41.3 Å². The van der Waals surface area contributed by atoms with Gasteiger partial charge in [-0.3, -0.25) is 9.36 Å². The average Bonchev–Trinajstić information content (AvgIpc) is 3.22. The van der Waals surface area contributed by atoms with Crippen molar-refractivity contribution in [3.8, 4) is 0 Å². The molecule has 2 unspecified atom stereocenters. The van der Waals surface area contributed by atoms with Gasteiger partial charge in [0.15, 0.2) is 10.9 Å². The van der Waals surface area contributed by atoms with Crippen molar-refractivity contribution in [2.24, 2.45) is 0 Å². The molecule has 1 N–H and O–H groups in total. The van der Waals surface area contributed by atoms with Crippen LogP contribution in [0.3, 0.4) is 0 Å². The molecule has 2 heterocycles. The number of Topliss-reactive ketones (excluding diaryl/α,β-unsaturated/α-hetero) is 1. The van der Waals surface area contributed by atoms with Gasteiger partial charge in [-0.2, -0.15) is 0 Å². The second kappa shape index (κ2) is 7.58. The van der Waals surface area contributed by atoms with E-state index < -0.39 is 0 Å². The number of rotatable bonds is 6. The van der Waals surface area contributed by atoms with Crippen LogP contribution in [0.2, 0.25) is 0 Å². The Kier molecular flexibility index (Phi) is 5.44. The van der Waals surface area contributed by atoms with E-state index >= 15 is 0 Å². The molecule has 7 heteroatoms. The molecule has 0 bridgehead atoms. The van der Waals surface area contributed by atoms with Gasteiger partial charge in [-0.25, -0.2) is 9.89 Å². The van der Waals surface area contributed by atoms with Gasteiger partial charge in [0.1, 0.15) is 0 Å². The first kappa shape index (κ1) is 17.9. The Morgan fingerprint density at radius 2 is 2.24 bits per heavy atom. The van der Waals surface area contributed by atoms with Crippen molar-refractivity contribution in [3.05, 3.63) is 45.4 Å². The molecule has 1 aliphatic heterocycles. The fourth-order valence-corrected chi connectivity index (χ4v) is 3.83. The van der Waals surface area contributed by atoms with Gasteiger partial charge in [0.2, 0.25) is 0 Å². The summed E-state index contributed by atoms with van der Waals surface area (Å²) in [6.07, 6.45) is 2.00. The fraction of sp³-hybridized carbons (Fsp3) is 0.500. The molecule has 2 aromatic rings. The van der Waals surface area contributed by atoms with E-state index in [0.29, 0.717) is 17.3 Å². The first-order valence-electron chi connectivity index (χ1n) is 8.50. The molecule has 0 spiro atoms. The Labute approximate surface area is 151 Å². The van der Waals surface area contributed by atoms with E-state index in [1.54, 1.807) is 4.57 Å². The van der Waals surface area contributed by atoms with Gasteiger partial charge in [0.05, 0.1) is 17.9 Å². The van der Waals surface area contributed by atoms with E-state index in [0.717, 1.165) is 30.6 Å². The molecule has 3 rings (SSSR count). The number of hydrogen-bond donors (Lipinski definition) is 1. The third-order valence-corrected chi connectivity index (χ3v) is 5.67. The number of aromatic amines is 1. The number of thioether (sulfide) groups is 1. The number of aromatic nitrogens is 3. The van der Waals surface area contributed by atoms with Gasteiger partial charge in [0.25, 0.3) is 0 Å². The van der Waals surface area contributed by atoms with Crippen molar-refractivity contribution in [1.82, 2.24) is 14.8 Å². The van der Waals surface area contributed by atoms with Gasteiger partial charge < -0.3 is 4.74 Å². The molecule has 1 aromatic heterocycles. The van der Waals surface area contributed by atoms with Crippen LogP contribution in [0.25, 0.3) is 0 Å². The molecule has 1 aromatic carbocycles. The minimum absolute atomic E-state index is 0.0345. The minimum atomic E-state index is -0.333. The highest BCUT2D eigenvalue weighted by molar-refractivity contribution is 8.00. The molecule has 1 aliphatic rings. The fourth-order valence-electron chi connectivity index (χ4n) is 2.89. The summed E-state index contributed by atoms with van der Waals surface area (Å²) in [5.41, 5.74) is 2.68. The van der Waals surface area contributed by atoms with E-state index in [4.69, 9.17) is 4.74 Å². The summed E-state index contributed by atoms with van der Waals surface area (Å²) in [6, 6.07) is 5.73. The normalized spacial score (nSPS) is 18.4. The smallest absolute Gasteiger partial charge is 0.344 e. The number of carbonyl (C=O) groups excluding carboxylic acids is 1. The topological polar surface area (TPSA) is 77.0 Å². The predicted octanol–water partition coefficient (Wildman–Crippen LogP) is 2.73. The van der Waals surface area contributed by atoms with Crippen LogP contribution in [-0.2, 0) is 11.3 Å². The maximum absolute atomic E-state index is 12.7. The summed E-state index contributed by atoms with van der Waals surface area (Å²) in [5, 5.41) is 6.77. The van der Waals surface area contributed by atoms with Crippen molar-refractivity contribution in [2.75, 3.05) is 6.61 Å². The van der Waals surface area contributed by atoms with Crippen molar-refractivity contribution in [3.63, 3.8) is 0 Å². The van der Waals surface area contributed by atoms with Gasteiger partial charge >= 0.3 is 5.69 Å². The van der Waals surface area contributed by atoms with Gasteiger partial charge in [0, 0.05) is 12.2 Å². The van der Waals surface area contributed by atoms with Crippen LogP contribution in [0.15, 0.2) is 28.2 Å². The standard InChI is InChI=1S/C18H23N3O3S/c1-11-6-7-14(9-12(11)2)16(22)13(3)25-18-20-19-17(23)21(18)10-15-5-4-8-24-15/h6-7,9,13,15H,4-5,8,10H2,1-3H3,(H,19,23). The second-order valence-corrected chi connectivity index (χ2v) is 7.79. The molecule has 134 valence electrons. The SMILES string of the molecule is Cc1ccc(C(=O)C(C)Sc2n[nH]c(=O)n2CC2CCCO2)cc1C. The second-order valence-electron chi connectivity index (χ2n) is 6.48. The number of hydrogen-bond acceptors (Lipinski definition) is 5. The lowest BCUT2D eigenvalue weighted by molar-refractivity contribution is 0.0941. The predicted molar refractivity (Wildman–Crippen MR) is 97.4 cm³/mol. The maximum Gasteiger partial charge on any atom is 0.344 e. The Morgan fingerprint density at radius 3 is 2.92 bits per heavy atom. The first-order valence-corrected chi connectivity index (χ1v) is 9.38. The molecule has 6 nitrogen and oxygen atoms in total. The van der Waals surface area contributed by atoms with Gasteiger partial charge in [-0.15, -0.1) is 5.10 Å². The minimum Gasteiger partial charge on any atom is -0.376 e. The third-order valence-electron chi connectivity index (χ3n) is 4.58. The van der Waals surface area contributed by atoms with Crippen molar-refractivity contribution >= 4 is 17.5 Å². The van der Waals surface area contributed by atoms with Crippen LogP contribution in [-0.4, -0.2) is 38.5 Å². The van der Waals surface area contributed by atoms with Crippen LogP contribution in [0, 0.1) is 13.8 Å². The van der Waals surface area contributed by atoms with Gasteiger partial charge in [-0.05, 0) is 50.8 Å². The van der Waals surface area contributed by atoms with Crippen LogP contribution >= 0.6 is 11.8 Å². The number of aryl methyl sites for hydroxylation is 2. The molecular formula is C18H23N3O3S.